The number of rotatable bonds is 1. The maximum atomic E-state index is 5.33. The first-order valence-electron chi connectivity index (χ1n) is 2.58. The molecule has 1 heteroatoms. The maximum Gasteiger partial charge on any atom is 0.0178 e. The van der Waals surface area contributed by atoms with Gasteiger partial charge in [0.05, 0.1) is 0 Å². The molecule has 8 heavy (non-hydrogen) atoms. The van der Waals surface area contributed by atoms with Gasteiger partial charge in [-0.2, -0.15) is 0 Å². The first-order valence-corrected chi connectivity index (χ1v) is 2.58. The zero-order valence-electron chi connectivity index (χ0n) is 4.59. The van der Waals surface area contributed by atoms with Crippen LogP contribution in [0.2, 0.25) is 0 Å². The first-order chi connectivity index (χ1) is 3.93. The summed E-state index contributed by atoms with van der Waals surface area (Å²) in [6.45, 7) is 0.608. The molecule has 0 atom stereocenters. The Morgan fingerprint density at radius 2 is 2.50 bits per heavy atom. The molecule has 1 aromatic rings. The highest BCUT2D eigenvalue weighted by atomic mass is 14.5. The van der Waals surface area contributed by atoms with Gasteiger partial charge in [0.25, 0.3) is 0 Å². The summed E-state index contributed by atoms with van der Waals surface area (Å²) < 4.78 is 0. The van der Waals surface area contributed by atoms with Gasteiger partial charge in [0.15, 0.2) is 0 Å². The van der Waals surface area contributed by atoms with Gasteiger partial charge in [0.1, 0.15) is 0 Å². The zero-order valence-corrected chi connectivity index (χ0v) is 4.59. The zero-order chi connectivity index (χ0) is 5.82. The van der Waals surface area contributed by atoms with E-state index in [2.05, 4.69) is 6.07 Å². The molecule has 1 nitrogen and oxygen atoms in total. The van der Waals surface area contributed by atoms with E-state index >= 15 is 0 Å². The van der Waals surface area contributed by atoms with E-state index < -0.39 is 0 Å². The maximum absolute atomic E-state index is 5.33. The van der Waals surface area contributed by atoms with Crippen LogP contribution in [0.1, 0.15) is 5.56 Å². The smallest absolute Gasteiger partial charge is 0.0178 e. The van der Waals surface area contributed by atoms with Gasteiger partial charge >= 0.3 is 0 Å². The Morgan fingerprint density at radius 3 is 2.88 bits per heavy atom. The van der Waals surface area contributed by atoms with Crippen molar-refractivity contribution < 1.29 is 0 Å². The van der Waals surface area contributed by atoms with Crippen LogP contribution in [0.3, 0.4) is 0 Å². The predicted molar refractivity (Wildman–Crippen MR) is 33.2 cm³/mol. The molecule has 0 fully saturated rings. The van der Waals surface area contributed by atoms with Crippen molar-refractivity contribution in [1.29, 1.82) is 0 Å². The Labute approximate surface area is 49.1 Å². The fraction of sp³-hybridized carbons (Fsp3) is 0.143. The minimum Gasteiger partial charge on any atom is -0.326 e. The largest absolute Gasteiger partial charge is 0.326 e. The van der Waals surface area contributed by atoms with Crippen LogP contribution in [0.15, 0.2) is 24.3 Å². The highest BCUT2D eigenvalue weighted by molar-refractivity contribution is 5.12. The van der Waals surface area contributed by atoms with Crippen molar-refractivity contribution in [2.24, 2.45) is 5.73 Å². The van der Waals surface area contributed by atoms with Crippen molar-refractivity contribution in [1.82, 2.24) is 0 Å². The van der Waals surface area contributed by atoms with E-state index in [1.165, 1.54) is 0 Å². The van der Waals surface area contributed by atoms with Crippen LogP contribution in [0, 0.1) is 6.07 Å². The number of hydrogen-bond donors (Lipinski definition) is 1. The van der Waals surface area contributed by atoms with Crippen molar-refractivity contribution in [2.75, 3.05) is 0 Å². The Hall–Kier alpha value is -0.820. The molecule has 0 spiro atoms. The summed E-state index contributed by atoms with van der Waals surface area (Å²) in [5.74, 6) is 0. The van der Waals surface area contributed by atoms with Gasteiger partial charge in [0, 0.05) is 6.54 Å². The molecule has 0 saturated carbocycles. The van der Waals surface area contributed by atoms with Gasteiger partial charge in [-0.05, 0) is 17.7 Å². The fourth-order valence-corrected chi connectivity index (χ4v) is 0.557. The van der Waals surface area contributed by atoms with Gasteiger partial charge in [0.2, 0.25) is 0 Å². The molecule has 1 rings (SSSR count). The lowest BCUT2D eigenvalue weighted by Gasteiger charge is -1.89. The average Bonchev–Trinajstić information content (AvgIpc) is 1.90. The number of nitrogens with two attached hydrogens (primary N) is 1. The fourth-order valence-electron chi connectivity index (χ4n) is 0.557. The predicted octanol–water partition coefficient (Wildman–Crippen LogP) is 0.945. The highest BCUT2D eigenvalue weighted by Crippen LogP contribution is 1.93. The molecule has 0 bridgehead atoms. The molecule has 0 saturated heterocycles. The molecule has 1 radical (unpaired) electrons. The molecule has 0 aliphatic heterocycles. The molecular weight excluding hydrogens is 98.1 g/mol. The second-order valence-electron chi connectivity index (χ2n) is 1.62. The topological polar surface area (TPSA) is 26.0 Å². The van der Waals surface area contributed by atoms with Crippen molar-refractivity contribution in [3.63, 3.8) is 0 Å². The normalized spacial score (nSPS) is 9.12. The van der Waals surface area contributed by atoms with Crippen LogP contribution in [-0.4, -0.2) is 0 Å². The lowest BCUT2D eigenvalue weighted by atomic mass is 10.2. The minimum atomic E-state index is 0.608. The molecule has 41 valence electrons. The summed E-state index contributed by atoms with van der Waals surface area (Å²) in [6, 6.07) is 10.6. The third-order valence-electron chi connectivity index (χ3n) is 1.01. The Kier molecular flexibility index (Phi) is 1.65. The summed E-state index contributed by atoms with van der Waals surface area (Å²) in [4.78, 5) is 0. The molecule has 0 aliphatic carbocycles. The van der Waals surface area contributed by atoms with Gasteiger partial charge in [-0.15, -0.1) is 0 Å². The van der Waals surface area contributed by atoms with Gasteiger partial charge in [-0.25, -0.2) is 0 Å². The van der Waals surface area contributed by atoms with Crippen LogP contribution in [-0.2, 0) is 6.54 Å². The summed E-state index contributed by atoms with van der Waals surface area (Å²) in [6.07, 6.45) is 0. The number of benzene rings is 1. The molecular formula is C7H8N. The van der Waals surface area contributed by atoms with Gasteiger partial charge in [-0.1, -0.05) is 18.2 Å². The second-order valence-corrected chi connectivity index (χ2v) is 1.62. The molecule has 0 heterocycles. The quantitative estimate of drug-likeness (QED) is 0.566. The summed E-state index contributed by atoms with van der Waals surface area (Å²) in [5, 5.41) is 0. The van der Waals surface area contributed by atoms with Crippen LogP contribution >= 0.6 is 0 Å². The Balaban J connectivity index is 2.83. The third-order valence-corrected chi connectivity index (χ3v) is 1.01. The lowest BCUT2D eigenvalue weighted by Crippen LogP contribution is -1.94. The van der Waals surface area contributed by atoms with E-state index in [0.717, 1.165) is 5.56 Å². The van der Waals surface area contributed by atoms with Gasteiger partial charge in [-0.3, -0.25) is 0 Å². The third kappa shape index (κ3) is 1.07. The molecule has 1 aromatic carbocycles. The summed E-state index contributed by atoms with van der Waals surface area (Å²) in [5.41, 5.74) is 6.46. The van der Waals surface area contributed by atoms with E-state index in [0.29, 0.717) is 6.54 Å². The highest BCUT2D eigenvalue weighted by Gasteiger charge is 1.80. The second kappa shape index (κ2) is 2.48. The first kappa shape index (κ1) is 5.32. The van der Waals surface area contributed by atoms with E-state index in [9.17, 15) is 0 Å². The van der Waals surface area contributed by atoms with Crippen molar-refractivity contribution in [3.8, 4) is 0 Å². The van der Waals surface area contributed by atoms with Crippen molar-refractivity contribution in [3.05, 3.63) is 35.9 Å². The Bertz CT molecular complexity index is 146. The minimum absolute atomic E-state index is 0.608. The van der Waals surface area contributed by atoms with Gasteiger partial charge < -0.3 is 5.73 Å². The Morgan fingerprint density at radius 1 is 1.62 bits per heavy atom. The van der Waals surface area contributed by atoms with E-state index in [-0.39, 0.29) is 0 Å². The van der Waals surface area contributed by atoms with Crippen LogP contribution < -0.4 is 5.73 Å². The lowest BCUT2D eigenvalue weighted by molar-refractivity contribution is 1.07. The van der Waals surface area contributed by atoms with E-state index in [1.54, 1.807) is 0 Å². The molecule has 0 unspecified atom stereocenters. The monoisotopic (exact) mass is 106 g/mol. The number of hydrogen-bond acceptors (Lipinski definition) is 1. The molecule has 2 N–H and O–H groups in total. The van der Waals surface area contributed by atoms with Crippen LogP contribution in [0.4, 0.5) is 0 Å². The van der Waals surface area contributed by atoms with E-state index in [4.69, 9.17) is 5.73 Å². The molecule has 0 amide bonds. The SMILES string of the molecule is NCc1c[c]ccc1. The van der Waals surface area contributed by atoms with Crippen LogP contribution in [0.5, 0.6) is 0 Å². The summed E-state index contributed by atoms with van der Waals surface area (Å²) in [7, 11) is 0. The van der Waals surface area contributed by atoms with Crippen LogP contribution in [0.25, 0.3) is 0 Å². The average molecular weight is 106 g/mol. The molecule has 0 aliphatic rings. The summed E-state index contributed by atoms with van der Waals surface area (Å²) >= 11 is 0. The molecule has 0 aromatic heterocycles. The standard InChI is InChI=1S/C7H8N/c8-6-7-4-2-1-3-5-7/h1-2,4-5H,6,8H2. The van der Waals surface area contributed by atoms with Crippen molar-refractivity contribution in [2.45, 2.75) is 6.54 Å². The van der Waals surface area contributed by atoms with Crippen molar-refractivity contribution >= 4 is 0 Å². The van der Waals surface area contributed by atoms with E-state index in [1.807, 2.05) is 24.3 Å².